The van der Waals surface area contributed by atoms with Crippen LogP contribution in [0.3, 0.4) is 0 Å². The molecule has 3 fully saturated rings. The van der Waals surface area contributed by atoms with Gasteiger partial charge in [0, 0.05) is 6.04 Å². The zero-order valence-electron chi connectivity index (χ0n) is 10.3. The molecule has 0 aromatic carbocycles. The van der Waals surface area contributed by atoms with Crippen LogP contribution in [0.1, 0.15) is 40.0 Å². The van der Waals surface area contributed by atoms with Crippen molar-refractivity contribution >= 4 is 6.09 Å². The number of fused-ring (bicyclic) bond motifs is 4. The van der Waals surface area contributed by atoms with E-state index in [2.05, 4.69) is 5.32 Å². The van der Waals surface area contributed by atoms with Crippen LogP contribution >= 0.6 is 0 Å². The lowest BCUT2D eigenvalue weighted by atomic mass is 9.38. The molecule has 1 N–H and O–H groups in total. The Morgan fingerprint density at radius 1 is 1.19 bits per heavy atom. The molecule has 3 aliphatic rings. The van der Waals surface area contributed by atoms with E-state index in [9.17, 15) is 4.79 Å². The number of amides is 1. The Hall–Kier alpha value is -0.730. The van der Waals surface area contributed by atoms with Crippen LogP contribution in [0.5, 0.6) is 0 Å². The topological polar surface area (TPSA) is 38.3 Å². The predicted molar refractivity (Wildman–Crippen MR) is 61.0 cm³/mol. The van der Waals surface area contributed by atoms with Gasteiger partial charge >= 0.3 is 6.09 Å². The van der Waals surface area contributed by atoms with Crippen molar-refractivity contribution in [3.63, 3.8) is 0 Å². The number of carbonyl (C=O) groups is 1. The summed E-state index contributed by atoms with van der Waals surface area (Å²) in [5, 5.41) is 3.03. The van der Waals surface area contributed by atoms with Crippen molar-refractivity contribution in [3.8, 4) is 0 Å². The van der Waals surface area contributed by atoms with Crippen molar-refractivity contribution in [1.82, 2.24) is 5.32 Å². The van der Waals surface area contributed by atoms with Gasteiger partial charge in [0.05, 0.1) is 0 Å². The van der Waals surface area contributed by atoms with E-state index in [1.54, 1.807) is 0 Å². The molecular formula is C13H21NO2. The van der Waals surface area contributed by atoms with Crippen molar-refractivity contribution < 1.29 is 9.53 Å². The molecule has 0 bridgehead atoms. The van der Waals surface area contributed by atoms with Gasteiger partial charge in [-0.2, -0.15) is 0 Å². The first-order valence-electron chi connectivity index (χ1n) is 6.45. The second-order valence-corrected chi connectivity index (χ2v) is 6.63. The summed E-state index contributed by atoms with van der Waals surface area (Å²) in [5.74, 6) is 3.66. The predicted octanol–water partition coefficient (Wildman–Crippen LogP) is 2.56. The summed E-state index contributed by atoms with van der Waals surface area (Å²) in [6.45, 7) is 5.71. The number of alkyl carbamates (subject to hydrolysis) is 1. The minimum absolute atomic E-state index is 0.237. The maximum absolute atomic E-state index is 11.6. The Balaban J connectivity index is 1.48. The van der Waals surface area contributed by atoms with Crippen LogP contribution < -0.4 is 5.32 Å². The molecule has 16 heavy (non-hydrogen) atoms. The molecule has 1 amide bonds. The summed E-state index contributed by atoms with van der Waals surface area (Å²) in [6.07, 6.45) is 3.77. The molecule has 0 radical (unpaired) electrons. The third kappa shape index (κ3) is 1.44. The molecule has 0 aromatic rings. The molecule has 3 nitrogen and oxygen atoms in total. The molecule has 5 unspecified atom stereocenters. The van der Waals surface area contributed by atoms with Crippen LogP contribution in [0.2, 0.25) is 0 Å². The number of carbonyl (C=O) groups excluding carboxylic acids is 1. The maximum Gasteiger partial charge on any atom is 0.407 e. The molecule has 0 spiro atoms. The van der Waals surface area contributed by atoms with Gasteiger partial charge in [-0.1, -0.05) is 0 Å². The van der Waals surface area contributed by atoms with E-state index in [0.29, 0.717) is 6.04 Å². The van der Waals surface area contributed by atoms with Crippen molar-refractivity contribution in [2.75, 3.05) is 0 Å². The Bertz CT molecular complexity index is 314. The highest BCUT2D eigenvalue weighted by Crippen LogP contribution is 2.66. The van der Waals surface area contributed by atoms with Gasteiger partial charge in [0.25, 0.3) is 0 Å². The summed E-state index contributed by atoms with van der Waals surface area (Å²) in [7, 11) is 0. The van der Waals surface area contributed by atoms with Gasteiger partial charge in [-0.05, 0) is 63.7 Å². The van der Waals surface area contributed by atoms with Crippen molar-refractivity contribution in [2.45, 2.75) is 51.7 Å². The molecule has 90 valence electrons. The Morgan fingerprint density at radius 3 is 2.38 bits per heavy atom. The Morgan fingerprint density at radius 2 is 1.88 bits per heavy atom. The first kappa shape index (κ1) is 10.4. The summed E-state index contributed by atoms with van der Waals surface area (Å²) in [6, 6.07) is 0.404. The zero-order chi connectivity index (χ0) is 11.5. The van der Waals surface area contributed by atoms with E-state index in [1.807, 2.05) is 20.8 Å². The maximum atomic E-state index is 11.6. The minimum Gasteiger partial charge on any atom is -0.444 e. The highest BCUT2D eigenvalue weighted by atomic mass is 16.6. The fourth-order valence-electron chi connectivity index (χ4n) is 3.82. The normalized spacial score (nSPS) is 44.1. The van der Waals surface area contributed by atoms with E-state index >= 15 is 0 Å². The monoisotopic (exact) mass is 223 g/mol. The second kappa shape index (κ2) is 3.14. The summed E-state index contributed by atoms with van der Waals surface area (Å²) in [5.41, 5.74) is -0.383. The fraction of sp³-hybridized carbons (Fsp3) is 0.923. The molecule has 0 aromatic heterocycles. The SMILES string of the molecule is CC(C)(C)OC(=O)NC1CC2C3CCC3C12. The molecule has 3 saturated carbocycles. The number of hydrogen-bond donors (Lipinski definition) is 1. The van der Waals surface area contributed by atoms with E-state index in [1.165, 1.54) is 19.3 Å². The largest absolute Gasteiger partial charge is 0.444 e. The van der Waals surface area contributed by atoms with Crippen LogP contribution in [0, 0.1) is 23.7 Å². The lowest BCUT2D eigenvalue weighted by Crippen LogP contribution is -2.69. The highest BCUT2D eigenvalue weighted by Gasteiger charge is 2.64. The second-order valence-electron chi connectivity index (χ2n) is 6.63. The summed E-state index contributed by atoms with van der Waals surface area (Å²) >= 11 is 0. The first-order chi connectivity index (χ1) is 7.46. The van der Waals surface area contributed by atoms with Crippen LogP contribution in [-0.2, 0) is 4.74 Å². The third-order valence-electron chi connectivity index (χ3n) is 4.61. The highest BCUT2D eigenvalue weighted by molar-refractivity contribution is 5.68. The molecule has 3 aliphatic carbocycles. The molecule has 0 aliphatic heterocycles. The standard InChI is InChI=1S/C13H21NO2/c1-13(2,3)16-12(15)14-10-6-9-7-4-5-8(7)11(9)10/h7-11H,4-6H2,1-3H3,(H,14,15). The van der Waals surface area contributed by atoms with E-state index in [-0.39, 0.29) is 11.7 Å². The van der Waals surface area contributed by atoms with Gasteiger partial charge in [-0.25, -0.2) is 4.79 Å². The molecule has 3 rings (SSSR count). The Kier molecular flexibility index (Phi) is 2.05. The lowest BCUT2D eigenvalue weighted by molar-refractivity contribution is -0.184. The minimum atomic E-state index is -0.383. The summed E-state index contributed by atoms with van der Waals surface area (Å²) < 4.78 is 5.28. The smallest absolute Gasteiger partial charge is 0.407 e. The molecule has 0 heterocycles. The van der Waals surface area contributed by atoms with E-state index in [4.69, 9.17) is 4.74 Å². The van der Waals surface area contributed by atoms with Crippen LogP contribution in [0.25, 0.3) is 0 Å². The van der Waals surface area contributed by atoms with Crippen LogP contribution in [0.4, 0.5) is 4.79 Å². The van der Waals surface area contributed by atoms with Crippen molar-refractivity contribution in [2.24, 2.45) is 23.7 Å². The number of nitrogens with one attached hydrogen (secondary N) is 1. The average molecular weight is 223 g/mol. The van der Waals surface area contributed by atoms with Crippen LogP contribution in [0.15, 0.2) is 0 Å². The average Bonchev–Trinajstić information content (AvgIpc) is 2.07. The Labute approximate surface area is 96.9 Å². The number of ether oxygens (including phenoxy) is 1. The number of rotatable bonds is 1. The van der Waals surface area contributed by atoms with Gasteiger partial charge in [0.15, 0.2) is 0 Å². The van der Waals surface area contributed by atoms with Crippen molar-refractivity contribution in [1.29, 1.82) is 0 Å². The first-order valence-corrected chi connectivity index (χ1v) is 6.45. The quantitative estimate of drug-likeness (QED) is 0.742. The van der Waals surface area contributed by atoms with Crippen molar-refractivity contribution in [3.05, 3.63) is 0 Å². The molecular weight excluding hydrogens is 202 g/mol. The third-order valence-corrected chi connectivity index (χ3v) is 4.61. The fourth-order valence-corrected chi connectivity index (χ4v) is 3.82. The van der Waals surface area contributed by atoms with E-state index in [0.717, 1.165) is 23.7 Å². The van der Waals surface area contributed by atoms with E-state index < -0.39 is 0 Å². The molecule has 5 atom stereocenters. The van der Waals surface area contributed by atoms with Crippen LogP contribution in [-0.4, -0.2) is 17.7 Å². The molecule has 3 heteroatoms. The zero-order valence-corrected chi connectivity index (χ0v) is 10.3. The van der Waals surface area contributed by atoms with Gasteiger partial charge in [-0.15, -0.1) is 0 Å². The van der Waals surface area contributed by atoms with Gasteiger partial charge < -0.3 is 10.1 Å². The van der Waals surface area contributed by atoms with Gasteiger partial charge in [0.2, 0.25) is 0 Å². The van der Waals surface area contributed by atoms with Gasteiger partial charge in [-0.3, -0.25) is 0 Å². The lowest BCUT2D eigenvalue weighted by Gasteiger charge is -2.69. The number of hydrogen-bond acceptors (Lipinski definition) is 2. The van der Waals surface area contributed by atoms with Gasteiger partial charge in [0.1, 0.15) is 5.60 Å². The molecule has 0 saturated heterocycles. The summed E-state index contributed by atoms with van der Waals surface area (Å²) in [4.78, 5) is 11.6.